The summed E-state index contributed by atoms with van der Waals surface area (Å²) in [5.41, 5.74) is -5.96. The zero-order chi connectivity index (χ0) is 71.4. The molecule has 10 aliphatic rings. The molecule has 28 nitrogen and oxygen atoms in total. The first-order valence-corrected chi connectivity index (χ1v) is 35.3. The van der Waals surface area contributed by atoms with Crippen molar-refractivity contribution in [1.29, 1.82) is 0 Å². The molecule has 11 rings (SSSR count). The fourth-order valence-electron chi connectivity index (χ4n) is 18.4. The lowest BCUT2D eigenvalue weighted by Gasteiger charge is -2.67. The van der Waals surface area contributed by atoms with Gasteiger partial charge in [-0.2, -0.15) is 0 Å². The number of ether oxygens (including phenoxy) is 18. The summed E-state index contributed by atoms with van der Waals surface area (Å²) < 4.78 is 113. The Morgan fingerprint density at radius 1 is 0.576 bits per heavy atom. The molecule has 6 saturated heterocycles. The topological polar surface area (TPSA) is 365 Å². The third kappa shape index (κ3) is 14.6. The molecule has 0 aromatic heterocycles. The summed E-state index contributed by atoms with van der Waals surface area (Å²) in [7, 11) is 7.74. The second kappa shape index (κ2) is 31.3. The highest BCUT2D eigenvalue weighted by molar-refractivity contribution is 5.87. The van der Waals surface area contributed by atoms with Gasteiger partial charge in [-0.15, -0.1) is 0 Å². The quantitative estimate of drug-likeness (QED) is 0.0457. The van der Waals surface area contributed by atoms with Gasteiger partial charge in [-0.3, -0.25) is 0 Å². The maximum Gasteiger partial charge on any atom is 0.331 e. The molecule has 28 heteroatoms. The Hall–Kier alpha value is -2.87. The fourth-order valence-corrected chi connectivity index (χ4v) is 18.4. The van der Waals surface area contributed by atoms with E-state index >= 15 is 0 Å². The van der Waals surface area contributed by atoms with Crippen LogP contribution in [-0.4, -0.2) is 289 Å². The number of hydrogen-bond donors (Lipinski definition) is 9. The molecule has 9 fully saturated rings. The molecule has 6 heterocycles. The lowest BCUT2D eigenvalue weighted by atomic mass is 9.42. The maximum atomic E-state index is 13.7. The van der Waals surface area contributed by atoms with Crippen molar-refractivity contribution in [3.8, 4) is 0 Å². The van der Waals surface area contributed by atoms with E-state index in [-0.39, 0.29) is 44.6 Å². The average Bonchev–Trinajstić information content (AvgIpc) is 1.59. The summed E-state index contributed by atoms with van der Waals surface area (Å²) in [6.07, 6.45) is -17.5. The molecule has 0 bridgehead atoms. The van der Waals surface area contributed by atoms with Crippen LogP contribution >= 0.6 is 0 Å². The molecule has 6 aliphatic heterocycles. The largest absolute Gasteiger partial charge is 0.458 e. The highest BCUT2D eigenvalue weighted by atomic mass is 16.8. The van der Waals surface area contributed by atoms with E-state index in [4.69, 9.17) is 85.3 Å². The number of aliphatic hydroxyl groups is 9. The van der Waals surface area contributed by atoms with Crippen molar-refractivity contribution >= 4 is 12.0 Å². The van der Waals surface area contributed by atoms with Crippen LogP contribution < -0.4 is 0 Å². The van der Waals surface area contributed by atoms with E-state index in [9.17, 15) is 50.8 Å². The van der Waals surface area contributed by atoms with Crippen molar-refractivity contribution in [1.82, 2.24) is 0 Å². The minimum atomic E-state index is -1.94. The van der Waals surface area contributed by atoms with Crippen molar-refractivity contribution < 1.29 is 136 Å². The van der Waals surface area contributed by atoms with Gasteiger partial charge in [-0.25, -0.2) is 4.79 Å². The summed E-state index contributed by atoms with van der Waals surface area (Å²) in [6.45, 7) is 13.7. The number of esters is 1. The normalized spacial score (nSPS) is 49.8. The zero-order valence-corrected chi connectivity index (χ0v) is 59.2. The number of methoxy groups -OCH3 is 5. The molecule has 35 atom stereocenters. The van der Waals surface area contributed by atoms with Crippen LogP contribution in [0.2, 0.25) is 0 Å². The van der Waals surface area contributed by atoms with Crippen LogP contribution in [0.4, 0.5) is 0 Å². The SMILES string of the molecule is CO[C@@H]1[C@@H](O)[C@H](O[C@@H]2[C@@H](C)O[C@@H](O[C@@H]3[C@@H](C)O[C@@H](O[C@H]4[C@@H](OC)C[C@H](O[C@H]5[C@@H](OC)C[C@H](O[C@H]6CC[C@@]7(C)C(=CC[C@]8(O)[C@@H]7C[C@@H](OC(=O)C=Cc7ccccc7)[C@@]7(C)[C@]8(O)CC[C@@]7(O)[C@H](C)O)C6)O[C@@H]5C)O[C@@H]4C)C[C@H]3OC)C[C@H]2OC)O[C@H](C)[C@H]1O[C@@H]1O[C@H](CO)[C@@H](O)[C@H](O)[C@H]1O. The summed E-state index contributed by atoms with van der Waals surface area (Å²) in [5, 5.41) is 102. The third-order valence-electron chi connectivity index (χ3n) is 24.2. The van der Waals surface area contributed by atoms with E-state index in [0.717, 1.165) is 11.1 Å². The summed E-state index contributed by atoms with van der Waals surface area (Å²) in [6, 6.07) is 9.31. The highest BCUT2D eigenvalue weighted by Crippen LogP contribution is 2.71. The van der Waals surface area contributed by atoms with Gasteiger partial charge < -0.3 is 131 Å². The Bertz CT molecular complexity index is 2870. The lowest BCUT2D eigenvalue weighted by molar-refractivity contribution is -0.374. The van der Waals surface area contributed by atoms with Crippen molar-refractivity contribution in [2.45, 2.75) is 321 Å². The minimum absolute atomic E-state index is 0.00528. The first-order valence-electron chi connectivity index (χ1n) is 35.3. The summed E-state index contributed by atoms with van der Waals surface area (Å²) >= 11 is 0. The number of fused-ring (bicyclic) bond motifs is 5. The van der Waals surface area contributed by atoms with Gasteiger partial charge >= 0.3 is 5.97 Å². The van der Waals surface area contributed by atoms with Crippen LogP contribution in [0.3, 0.4) is 0 Å². The van der Waals surface area contributed by atoms with Crippen LogP contribution in [0.5, 0.6) is 0 Å². The molecule has 0 radical (unpaired) electrons. The maximum absolute atomic E-state index is 13.7. The second-order valence-corrected chi connectivity index (χ2v) is 29.6. The molecule has 9 N–H and O–H groups in total. The first kappa shape index (κ1) is 77.2. The van der Waals surface area contributed by atoms with Crippen LogP contribution in [0.25, 0.3) is 6.08 Å². The number of carbonyl (C=O) groups is 1. The standard InChI is InChI=1S/C71H110O28/c1-34-59(43(82-9)28-51(87-34)92-42-22-23-67(7)41(27-42)21-24-70(80)48(67)32-49(94-50(74)20-19-40-17-15-14-16-18-40)68(8)69(79,39(6)73)25-26-71(68,70)81)95-52-29-44(83-10)60(35(2)88-52)96-53-30-45(84-11)61(36(3)89-53)97-54-31-46(85-12)62(37(4)90-54)98-66-58(78)64(86-13)63(38(5)91-66)99-65-57(77)56(76)55(75)47(33-72)93-65/h14-21,34-39,42-49,51-66,72-73,75-81H,22-33H2,1-13H3/t34-,35-,36-,37-,38-,39+,42+,43+,44+,45-,46-,47-,48-,49-,51+,52+,53+,54+,55-,56+,57-,58-,59-,60-,61-,62-,63-,64-,65+,66+,67+,68-,69-,70+,71-/m1/s1. The van der Waals surface area contributed by atoms with Crippen LogP contribution in [0.15, 0.2) is 48.1 Å². The number of hydrogen-bond acceptors (Lipinski definition) is 28. The van der Waals surface area contributed by atoms with Gasteiger partial charge in [-0.1, -0.05) is 55.8 Å². The number of rotatable bonds is 22. The van der Waals surface area contributed by atoms with E-state index in [1.807, 2.05) is 57.2 Å². The van der Waals surface area contributed by atoms with E-state index < -0.39 is 218 Å². The van der Waals surface area contributed by atoms with Crippen molar-refractivity contribution in [2.24, 2.45) is 16.7 Å². The van der Waals surface area contributed by atoms with Crippen molar-refractivity contribution in [3.05, 3.63) is 53.6 Å². The Labute approximate surface area is 579 Å². The van der Waals surface area contributed by atoms with Crippen molar-refractivity contribution in [2.75, 3.05) is 42.2 Å². The van der Waals surface area contributed by atoms with Gasteiger partial charge in [0.2, 0.25) is 0 Å². The number of benzene rings is 1. The molecule has 3 saturated carbocycles. The Morgan fingerprint density at radius 2 is 1.06 bits per heavy atom. The van der Waals surface area contributed by atoms with Gasteiger partial charge in [0.15, 0.2) is 37.7 Å². The average molecular weight is 1410 g/mol. The van der Waals surface area contributed by atoms with Gasteiger partial charge in [0.1, 0.15) is 90.1 Å². The van der Waals surface area contributed by atoms with E-state index in [1.54, 1.807) is 48.2 Å². The monoisotopic (exact) mass is 1410 g/mol. The Kier molecular flexibility index (Phi) is 24.4. The van der Waals surface area contributed by atoms with E-state index in [1.165, 1.54) is 27.2 Å². The Morgan fingerprint density at radius 3 is 1.56 bits per heavy atom. The Balaban J connectivity index is 0.658. The summed E-state index contributed by atoms with van der Waals surface area (Å²) in [5.74, 6) is -1.24. The summed E-state index contributed by atoms with van der Waals surface area (Å²) in [4.78, 5) is 13.7. The molecule has 0 unspecified atom stereocenters. The number of aliphatic hydroxyl groups excluding tert-OH is 6. The molecular weight excluding hydrogens is 1300 g/mol. The van der Waals surface area contributed by atoms with Gasteiger partial charge in [0.25, 0.3) is 0 Å². The van der Waals surface area contributed by atoms with Crippen LogP contribution in [0, 0.1) is 16.7 Å². The van der Waals surface area contributed by atoms with Gasteiger partial charge in [0.05, 0.1) is 79.2 Å². The molecule has 0 spiro atoms. The minimum Gasteiger partial charge on any atom is -0.458 e. The van der Waals surface area contributed by atoms with E-state index in [2.05, 4.69) is 6.92 Å². The van der Waals surface area contributed by atoms with Crippen LogP contribution in [-0.2, 0) is 90.1 Å². The highest BCUT2D eigenvalue weighted by Gasteiger charge is 2.81. The lowest BCUT2D eigenvalue weighted by Crippen LogP contribution is -2.78. The predicted molar refractivity (Wildman–Crippen MR) is 345 cm³/mol. The van der Waals surface area contributed by atoms with Crippen molar-refractivity contribution in [3.63, 3.8) is 0 Å². The predicted octanol–water partition coefficient (Wildman–Crippen LogP) is 2.36. The van der Waals surface area contributed by atoms with E-state index in [0.29, 0.717) is 32.1 Å². The van der Waals surface area contributed by atoms with Crippen LogP contribution in [0.1, 0.15) is 132 Å². The number of carbonyl (C=O) groups excluding carboxylic acids is 1. The third-order valence-corrected chi connectivity index (χ3v) is 24.2. The fraction of sp³-hybridized carbons (Fsp3) is 0.845. The molecule has 4 aliphatic carbocycles. The molecule has 1 aromatic rings. The second-order valence-electron chi connectivity index (χ2n) is 29.6. The van der Waals surface area contributed by atoms with Gasteiger partial charge in [0, 0.05) is 73.2 Å². The molecule has 1 aromatic carbocycles. The molecular formula is C71H110O28. The van der Waals surface area contributed by atoms with Gasteiger partial charge in [-0.05, 0) is 104 Å². The zero-order valence-electron chi connectivity index (χ0n) is 59.2. The molecule has 562 valence electrons. The molecule has 99 heavy (non-hydrogen) atoms. The smallest absolute Gasteiger partial charge is 0.331 e. The first-order chi connectivity index (χ1) is 47.0. The molecule has 0 amide bonds.